The van der Waals surface area contributed by atoms with E-state index in [4.69, 9.17) is 0 Å². The van der Waals surface area contributed by atoms with Gasteiger partial charge < -0.3 is 5.32 Å². The maximum atomic E-state index is 12.6. The fourth-order valence-electron chi connectivity index (χ4n) is 2.20. The molecule has 0 bridgehead atoms. The molecule has 0 saturated heterocycles. The molecule has 0 aliphatic carbocycles. The van der Waals surface area contributed by atoms with Crippen LogP contribution in [0.3, 0.4) is 0 Å². The van der Waals surface area contributed by atoms with Gasteiger partial charge >= 0.3 is 0 Å². The monoisotopic (exact) mass is 360 g/mol. The van der Waals surface area contributed by atoms with E-state index in [2.05, 4.69) is 10.0 Å². The van der Waals surface area contributed by atoms with Gasteiger partial charge in [0.1, 0.15) is 0 Å². The van der Waals surface area contributed by atoms with E-state index in [0.717, 1.165) is 17.5 Å². The number of amides is 1. The molecule has 2 N–H and O–H groups in total. The maximum absolute atomic E-state index is 12.6. The smallest absolute Gasteiger partial charge is 0.261 e. The number of anilines is 1. The lowest BCUT2D eigenvalue weighted by molar-refractivity contribution is 0.0939. The molecule has 6 heteroatoms. The molecule has 1 amide bonds. The summed E-state index contributed by atoms with van der Waals surface area (Å²) in [5.74, 6) is -0.217. The van der Waals surface area contributed by atoms with Crippen LogP contribution in [0.15, 0.2) is 47.4 Å². The molecule has 0 fully saturated rings. The van der Waals surface area contributed by atoms with Gasteiger partial charge in [-0.2, -0.15) is 0 Å². The highest BCUT2D eigenvalue weighted by Crippen LogP contribution is 2.21. The second-order valence-corrected chi connectivity index (χ2v) is 7.91. The van der Waals surface area contributed by atoms with Crippen molar-refractivity contribution in [2.45, 2.75) is 45.1 Å². The summed E-state index contributed by atoms with van der Waals surface area (Å²) in [6, 6.07) is 11.7. The second-order valence-electron chi connectivity index (χ2n) is 6.23. The molecule has 0 heterocycles. The van der Waals surface area contributed by atoms with E-state index in [9.17, 15) is 13.2 Å². The fraction of sp³-hybridized carbons (Fsp3) is 0.316. The van der Waals surface area contributed by atoms with Crippen molar-refractivity contribution in [1.29, 1.82) is 0 Å². The van der Waals surface area contributed by atoms with Gasteiger partial charge in [0.05, 0.1) is 10.6 Å². The first-order valence-corrected chi connectivity index (χ1v) is 9.72. The van der Waals surface area contributed by atoms with E-state index in [1.54, 1.807) is 49.4 Å². The van der Waals surface area contributed by atoms with Crippen molar-refractivity contribution in [1.82, 2.24) is 5.32 Å². The molecule has 1 atom stereocenters. The standard InChI is InChI=1S/C19H24N2O3S/c1-5-15(4)20-19(22)16-9-8-14(3)18(12-16)21-25(23,24)17-10-6-13(2)7-11-17/h6-12,15,21H,5H2,1-4H3,(H,20,22)/t15-/m1/s1. The third-order valence-corrected chi connectivity index (χ3v) is 5.45. The SMILES string of the molecule is CC[C@@H](C)NC(=O)c1ccc(C)c(NS(=O)(=O)c2ccc(C)cc2)c1. The minimum Gasteiger partial charge on any atom is -0.350 e. The Morgan fingerprint density at radius 3 is 2.32 bits per heavy atom. The fourth-order valence-corrected chi connectivity index (χ4v) is 3.33. The average Bonchev–Trinajstić information content (AvgIpc) is 2.56. The van der Waals surface area contributed by atoms with E-state index in [0.29, 0.717) is 11.3 Å². The van der Waals surface area contributed by atoms with Crippen LogP contribution in [0.4, 0.5) is 5.69 Å². The minimum atomic E-state index is -3.70. The molecule has 5 nitrogen and oxygen atoms in total. The Kier molecular flexibility index (Phi) is 5.85. The van der Waals surface area contributed by atoms with Crippen molar-refractivity contribution in [2.75, 3.05) is 4.72 Å². The van der Waals surface area contributed by atoms with Gasteiger partial charge in [0.25, 0.3) is 15.9 Å². The molecule has 2 rings (SSSR count). The lowest BCUT2D eigenvalue weighted by Gasteiger charge is -2.14. The third-order valence-electron chi connectivity index (χ3n) is 4.07. The topological polar surface area (TPSA) is 75.3 Å². The van der Waals surface area contributed by atoms with Crippen molar-refractivity contribution in [3.63, 3.8) is 0 Å². The van der Waals surface area contributed by atoms with Crippen molar-refractivity contribution in [3.05, 3.63) is 59.2 Å². The number of nitrogens with one attached hydrogen (secondary N) is 2. The molecule has 2 aromatic rings. The van der Waals surface area contributed by atoms with Crippen LogP contribution in [0.1, 0.15) is 41.8 Å². The van der Waals surface area contributed by atoms with Gasteiger partial charge in [0, 0.05) is 11.6 Å². The molecule has 0 aromatic heterocycles. The molecule has 2 aromatic carbocycles. The van der Waals surface area contributed by atoms with Crippen LogP contribution in [0, 0.1) is 13.8 Å². The van der Waals surface area contributed by atoms with Crippen molar-refractivity contribution >= 4 is 21.6 Å². The normalized spacial score (nSPS) is 12.5. The Labute approximate surface area is 149 Å². The number of sulfonamides is 1. The highest BCUT2D eigenvalue weighted by atomic mass is 32.2. The number of rotatable bonds is 6. The highest BCUT2D eigenvalue weighted by Gasteiger charge is 2.17. The van der Waals surface area contributed by atoms with Crippen LogP contribution >= 0.6 is 0 Å². The molecule has 0 saturated carbocycles. The van der Waals surface area contributed by atoms with Gasteiger partial charge in [0.2, 0.25) is 0 Å². The third kappa shape index (κ3) is 4.82. The highest BCUT2D eigenvalue weighted by molar-refractivity contribution is 7.92. The summed E-state index contributed by atoms with van der Waals surface area (Å²) < 4.78 is 27.7. The summed E-state index contributed by atoms with van der Waals surface area (Å²) >= 11 is 0. The van der Waals surface area contributed by atoms with Crippen LogP contribution in [0.25, 0.3) is 0 Å². The molecular formula is C19H24N2O3S. The van der Waals surface area contributed by atoms with E-state index >= 15 is 0 Å². The predicted octanol–water partition coefficient (Wildman–Crippen LogP) is 3.63. The number of aryl methyl sites for hydroxylation is 2. The molecular weight excluding hydrogens is 336 g/mol. The minimum absolute atomic E-state index is 0.0569. The first-order valence-electron chi connectivity index (χ1n) is 8.24. The van der Waals surface area contributed by atoms with Crippen LogP contribution in [-0.2, 0) is 10.0 Å². The van der Waals surface area contributed by atoms with Crippen molar-refractivity contribution < 1.29 is 13.2 Å². The summed E-state index contributed by atoms with van der Waals surface area (Å²) in [4.78, 5) is 12.4. The summed E-state index contributed by atoms with van der Waals surface area (Å²) in [5.41, 5.74) is 2.56. The maximum Gasteiger partial charge on any atom is 0.261 e. The zero-order valence-corrected chi connectivity index (χ0v) is 15.8. The molecule has 0 aliphatic rings. The summed E-state index contributed by atoms with van der Waals surface area (Å²) in [5, 5.41) is 2.88. The van der Waals surface area contributed by atoms with Crippen LogP contribution in [0.5, 0.6) is 0 Å². The summed E-state index contributed by atoms with van der Waals surface area (Å²) in [6.07, 6.45) is 0.824. The Balaban J connectivity index is 2.28. The number of hydrogen-bond acceptors (Lipinski definition) is 3. The van der Waals surface area contributed by atoms with Gasteiger partial charge in [-0.25, -0.2) is 8.42 Å². The number of carbonyl (C=O) groups excluding carboxylic acids is 1. The van der Waals surface area contributed by atoms with Gasteiger partial charge in [0.15, 0.2) is 0 Å². The lowest BCUT2D eigenvalue weighted by atomic mass is 10.1. The number of benzene rings is 2. The summed E-state index contributed by atoms with van der Waals surface area (Å²) in [6.45, 7) is 7.60. The lowest BCUT2D eigenvalue weighted by Crippen LogP contribution is -2.32. The van der Waals surface area contributed by atoms with Crippen molar-refractivity contribution in [3.8, 4) is 0 Å². The van der Waals surface area contributed by atoms with Gasteiger partial charge in [-0.1, -0.05) is 30.7 Å². The molecule has 0 aliphatic heterocycles. The van der Waals surface area contributed by atoms with Crippen molar-refractivity contribution in [2.24, 2.45) is 0 Å². The molecule has 0 unspecified atom stereocenters. The molecule has 0 spiro atoms. The molecule has 0 radical (unpaired) electrons. The zero-order chi connectivity index (χ0) is 18.6. The predicted molar refractivity (Wildman–Crippen MR) is 100 cm³/mol. The Hall–Kier alpha value is -2.34. The zero-order valence-electron chi connectivity index (χ0n) is 15.0. The van der Waals surface area contributed by atoms with Crippen LogP contribution in [-0.4, -0.2) is 20.4 Å². The number of hydrogen-bond donors (Lipinski definition) is 2. The van der Waals surface area contributed by atoms with Gasteiger partial charge in [-0.3, -0.25) is 9.52 Å². The van der Waals surface area contributed by atoms with E-state index < -0.39 is 10.0 Å². The summed E-state index contributed by atoms with van der Waals surface area (Å²) in [7, 11) is -3.70. The first kappa shape index (κ1) is 19.0. The second kappa shape index (κ2) is 7.70. The Morgan fingerprint density at radius 2 is 1.72 bits per heavy atom. The van der Waals surface area contributed by atoms with E-state index in [1.165, 1.54) is 0 Å². The first-order chi connectivity index (χ1) is 11.7. The quantitative estimate of drug-likeness (QED) is 0.826. The van der Waals surface area contributed by atoms with E-state index in [1.807, 2.05) is 20.8 Å². The number of carbonyl (C=O) groups is 1. The Bertz CT molecular complexity index is 859. The Morgan fingerprint density at radius 1 is 1.08 bits per heavy atom. The average molecular weight is 360 g/mol. The molecule has 134 valence electrons. The van der Waals surface area contributed by atoms with Crippen LogP contribution < -0.4 is 10.0 Å². The largest absolute Gasteiger partial charge is 0.350 e. The van der Waals surface area contributed by atoms with E-state index in [-0.39, 0.29) is 16.8 Å². The van der Waals surface area contributed by atoms with Crippen LogP contribution in [0.2, 0.25) is 0 Å². The van der Waals surface area contributed by atoms with Gasteiger partial charge in [-0.05, 0) is 57.0 Å². The van der Waals surface area contributed by atoms with Gasteiger partial charge in [-0.15, -0.1) is 0 Å². The molecule has 25 heavy (non-hydrogen) atoms.